The first kappa shape index (κ1) is 32.4. The molecule has 0 bridgehead atoms. The summed E-state index contributed by atoms with van der Waals surface area (Å²) in [6.45, 7) is 4.44. The maximum atomic E-state index is 13.1. The Labute approximate surface area is 242 Å². The van der Waals surface area contributed by atoms with Gasteiger partial charge < -0.3 is 15.3 Å². The molecule has 38 heavy (non-hydrogen) atoms. The first-order valence-corrected chi connectivity index (χ1v) is 15.6. The molecule has 2 aromatic carbocycles. The third-order valence-corrected chi connectivity index (χ3v) is 8.80. The van der Waals surface area contributed by atoms with Gasteiger partial charge in [0, 0.05) is 18.2 Å². The molecule has 1 fully saturated rings. The van der Waals surface area contributed by atoms with E-state index in [0.29, 0.717) is 35.9 Å². The Morgan fingerprint density at radius 1 is 1.16 bits per heavy atom. The number of nitrogens with one attached hydrogen (secondary N) is 2. The molecule has 3 N–H and O–H groups in total. The molecule has 0 aliphatic carbocycles. The van der Waals surface area contributed by atoms with Gasteiger partial charge in [-0.3, -0.25) is 4.79 Å². The van der Waals surface area contributed by atoms with E-state index in [0.717, 1.165) is 13.1 Å². The zero-order valence-electron chi connectivity index (χ0n) is 21.5. The van der Waals surface area contributed by atoms with Gasteiger partial charge in [0.1, 0.15) is 6.04 Å². The predicted octanol–water partition coefficient (Wildman–Crippen LogP) is 3.18. The van der Waals surface area contributed by atoms with Crippen LogP contribution in [0.4, 0.5) is 0 Å². The fraction of sp³-hybridized carbons (Fsp3) is 0.481. The van der Waals surface area contributed by atoms with Gasteiger partial charge in [-0.15, -0.1) is 0 Å². The molecule has 0 radical (unpaired) electrons. The minimum absolute atomic E-state index is 0. The second kappa shape index (κ2) is 15.7. The van der Waals surface area contributed by atoms with Crippen molar-refractivity contribution in [2.45, 2.75) is 56.0 Å². The molecule has 1 aliphatic rings. The van der Waals surface area contributed by atoms with E-state index in [1.165, 1.54) is 49.2 Å². The summed E-state index contributed by atoms with van der Waals surface area (Å²) in [5.41, 5.74) is 1.32. The van der Waals surface area contributed by atoms with Crippen molar-refractivity contribution in [2.75, 3.05) is 31.6 Å². The zero-order chi connectivity index (χ0) is 26.8. The molecule has 1 aliphatic heterocycles. The molecule has 0 saturated carbocycles. The van der Waals surface area contributed by atoms with Gasteiger partial charge in [0.15, 0.2) is 0 Å². The molecule has 0 spiro atoms. The summed E-state index contributed by atoms with van der Waals surface area (Å²) in [7, 11) is -3.80. The summed E-state index contributed by atoms with van der Waals surface area (Å²) in [4.78, 5) is 27.2. The van der Waals surface area contributed by atoms with Gasteiger partial charge in [0.05, 0.1) is 4.90 Å². The Morgan fingerprint density at radius 3 is 2.55 bits per heavy atom. The molecule has 3 rings (SSSR count). The second-order valence-corrected chi connectivity index (χ2v) is 12.1. The molecule has 11 heteroatoms. The van der Waals surface area contributed by atoms with E-state index in [1.54, 1.807) is 24.3 Å². The van der Waals surface area contributed by atoms with Gasteiger partial charge in [0.2, 0.25) is 10.0 Å². The van der Waals surface area contributed by atoms with Crippen molar-refractivity contribution >= 4 is 52.5 Å². The van der Waals surface area contributed by atoms with Crippen LogP contribution in [0.25, 0.3) is 11.1 Å². The molecule has 1 amide bonds. The third kappa shape index (κ3) is 9.14. The molecule has 1 heterocycles. The van der Waals surface area contributed by atoms with Crippen molar-refractivity contribution in [2.24, 2.45) is 0 Å². The number of sulfonamides is 1. The van der Waals surface area contributed by atoms with Crippen LogP contribution in [0.3, 0.4) is 0 Å². The Bertz CT molecular complexity index is 1160. The van der Waals surface area contributed by atoms with Crippen LogP contribution < -0.4 is 10.0 Å². The zero-order valence-corrected chi connectivity index (χ0v) is 23.1. The van der Waals surface area contributed by atoms with E-state index in [4.69, 9.17) is 0 Å². The molecule has 8 nitrogen and oxygen atoms in total. The number of carboxylic acids is 1. The number of nitrogens with zero attached hydrogens (tertiary/aromatic N) is 1. The van der Waals surface area contributed by atoms with Crippen molar-refractivity contribution in [3.05, 3.63) is 54.1 Å². The van der Waals surface area contributed by atoms with Crippen molar-refractivity contribution in [3.63, 3.8) is 0 Å². The summed E-state index contributed by atoms with van der Waals surface area (Å²) >= 11 is 1.50. The Hall–Kier alpha value is -1.80. The Kier molecular flexibility index (Phi) is 13.4. The minimum atomic E-state index is -3.80. The number of hydrogen-bond acceptors (Lipinski definition) is 6. The standard InChI is InChI=1S/C27H37N3O5S2.Li.H/c1-20-9-6-7-16-30(20)17-8-15-28-37(34,35)22-12-13-23(24(19-22)21-10-4-3-5-11-21)26(31)29-25(27(32)33)14-18-36-2;;/h3-5,10-13,19-20,25,28H,6-9,14-18H2,1-2H3,(H,29,31)(H,32,33);;. The number of carbonyl (C=O) groups is 2. The Morgan fingerprint density at radius 2 is 1.89 bits per heavy atom. The number of rotatable bonds is 13. The summed E-state index contributed by atoms with van der Waals surface area (Å²) in [6, 6.07) is 12.8. The number of amides is 1. The van der Waals surface area contributed by atoms with Crippen molar-refractivity contribution < 1.29 is 23.1 Å². The number of carboxylic acid groups (broad SMARTS) is 1. The summed E-state index contributed by atoms with van der Waals surface area (Å²) < 4.78 is 28.9. The number of hydrogen-bond donors (Lipinski definition) is 3. The van der Waals surface area contributed by atoms with Crippen LogP contribution in [0, 0.1) is 0 Å². The number of carbonyl (C=O) groups excluding carboxylic acids is 1. The van der Waals surface area contributed by atoms with E-state index in [-0.39, 0.29) is 35.7 Å². The van der Waals surface area contributed by atoms with Gasteiger partial charge >= 0.3 is 24.8 Å². The van der Waals surface area contributed by atoms with Gasteiger partial charge in [-0.05, 0) is 87.0 Å². The first-order valence-electron chi connectivity index (χ1n) is 12.7. The SMILES string of the molecule is CSCCC(NC(=O)c1ccc(S(=O)(=O)NCCCN2CCCCC2C)cc1-c1ccccc1)C(=O)O.[LiH]. The number of benzene rings is 2. The summed E-state index contributed by atoms with van der Waals surface area (Å²) in [6.07, 6.45) is 6.48. The fourth-order valence-corrected chi connectivity index (χ4v) is 6.11. The Balaban J connectivity index is 0.00000507. The summed E-state index contributed by atoms with van der Waals surface area (Å²) in [5, 5.41) is 12.1. The van der Waals surface area contributed by atoms with Crippen LogP contribution in [-0.4, -0.2) is 92.9 Å². The van der Waals surface area contributed by atoms with E-state index in [1.807, 2.05) is 12.3 Å². The number of thioether (sulfide) groups is 1. The predicted molar refractivity (Wildman–Crippen MR) is 156 cm³/mol. The quantitative estimate of drug-likeness (QED) is 0.257. The average molecular weight is 556 g/mol. The number of likely N-dealkylation sites (tertiary alicyclic amines) is 1. The molecule has 204 valence electrons. The molecule has 1 saturated heterocycles. The second-order valence-electron chi connectivity index (χ2n) is 9.35. The van der Waals surface area contributed by atoms with Crippen molar-refractivity contribution in [1.29, 1.82) is 0 Å². The van der Waals surface area contributed by atoms with Crippen LogP contribution >= 0.6 is 11.8 Å². The van der Waals surface area contributed by atoms with Gasteiger partial charge in [-0.25, -0.2) is 17.9 Å². The number of piperidine rings is 1. The normalized spacial score (nSPS) is 16.8. The van der Waals surface area contributed by atoms with Crippen LogP contribution in [0.15, 0.2) is 53.4 Å². The number of aliphatic carboxylic acids is 1. The van der Waals surface area contributed by atoms with Crippen molar-refractivity contribution in [3.8, 4) is 11.1 Å². The molecular formula is C27H38LiN3O5S2. The van der Waals surface area contributed by atoms with Crippen LogP contribution in [0.1, 0.15) is 49.4 Å². The molecule has 0 aromatic heterocycles. The molecule has 2 atom stereocenters. The maximum absolute atomic E-state index is 13.1. The van der Waals surface area contributed by atoms with Gasteiger partial charge in [0.25, 0.3) is 5.91 Å². The monoisotopic (exact) mass is 555 g/mol. The van der Waals surface area contributed by atoms with E-state index in [9.17, 15) is 23.1 Å². The average Bonchev–Trinajstić information content (AvgIpc) is 2.89. The molecule has 2 unspecified atom stereocenters. The molecular weight excluding hydrogens is 517 g/mol. The van der Waals surface area contributed by atoms with Gasteiger partial charge in [-0.1, -0.05) is 36.8 Å². The van der Waals surface area contributed by atoms with E-state index in [2.05, 4.69) is 21.9 Å². The van der Waals surface area contributed by atoms with Crippen molar-refractivity contribution in [1.82, 2.24) is 14.9 Å². The van der Waals surface area contributed by atoms with E-state index < -0.39 is 27.9 Å². The van der Waals surface area contributed by atoms with Crippen LogP contribution in [-0.2, 0) is 14.8 Å². The third-order valence-electron chi connectivity index (χ3n) is 6.70. The first-order chi connectivity index (χ1) is 17.7. The van der Waals surface area contributed by atoms with E-state index >= 15 is 0 Å². The van der Waals surface area contributed by atoms with Crippen LogP contribution in [0.5, 0.6) is 0 Å². The van der Waals surface area contributed by atoms with Gasteiger partial charge in [-0.2, -0.15) is 11.8 Å². The van der Waals surface area contributed by atoms with Crippen LogP contribution in [0.2, 0.25) is 0 Å². The molecule has 2 aromatic rings. The fourth-order valence-electron chi connectivity index (χ4n) is 4.54. The summed E-state index contributed by atoms with van der Waals surface area (Å²) in [5.74, 6) is -1.08. The topological polar surface area (TPSA) is 116 Å².